The molecule has 0 aromatic heterocycles. The summed E-state index contributed by atoms with van der Waals surface area (Å²) in [6.45, 7) is 2.11. The Balaban J connectivity index is 0.00000289. The van der Waals surface area contributed by atoms with Crippen LogP contribution in [0, 0.1) is 40.9 Å². The van der Waals surface area contributed by atoms with Crippen molar-refractivity contribution in [2.45, 2.75) is 76.5 Å². The van der Waals surface area contributed by atoms with Crippen molar-refractivity contribution in [3.63, 3.8) is 0 Å². The number of aliphatic hydroxyl groups is 1. The van der Waals surface area contributed by atoms with Gasteiger partial charge in [-0.1, -0.05) is 6.92 Å². The Labute approximate surface area is 213 Å². The van der Waals surface area contributed by atoms with E-state index >= 15 is 0 Å². The summed E-state index contributed by atoms with van der Waals surface area (Å²) in [7, 11) is -4.35. The molecular weight excluding hydrogens is 476 g/mol. The maximum Gasteiger partial charge on any atom is 1.00 e. The minimum atomic E-state index is -4.59. The number of ketones is 1. The number of Topliss-reactive ketones (excluding diaryl/α,β-unsaturated/α-hetero) is 1. The van der Waals surface area contributed by atoms with E-state index in [0.717, 1.165) is 25.7 Å². The predicted molar refractivity (Wildman–Crippen MR) is 109 cm³/mol. The van der Waals surface area contributed by atoms with Gasteiger partial charge in [-0.3, -0.25) is 4.79 Å². The molecule has 8 atom stereocenters. The van der Waals surface area contributed by atoms with Gasteiger partial charge in [-0.2, -0.15) is 13.2 Å². The van der Waals surface area contributed by atoms with Crippen LogP contribution in [0.5, 0.6) is 0 Å². The van der Waals surface area contributed by atoms with E-state index in [1.807, 2.05) is 0 Å². The monoisotopic (exact) mass is 506 g/mol. The first-order valence-corrected chi connectivity index (χ1v) is 14.1. The first-order valence-electron chi connectivity index (χ1n) is 11.2. The average Bonchev–Trinajstić information content (AvgIpc) is 3.01. The Morgan fingerprint density at radius 3 is 2.34 bits per heavy atom. The van der Waals surface area contributed by atoms with Crippen molar-refractivity contribution in [2.24, 2.45) is 40.9 Å². The molecule has 5 nitrogen and oxygen atoms in total. The van der Waals surface area contributed by atoms with Crippen LogP contribution in [0.2, 0.25) is 0 Å². The number of hydrogen-bond acceptors (Lipinski definition) is 6. The minimum Gasteiger partial charge on any atom is -0.739 e. The first-order chi connectivity index (χ1) is 14.3. The van der Waals surface area contributed by atoms with Gasteiger partial charge in [0.25, 0.3) is 0 Å². The van der Waals surface area contributed by atoms with Crippen LogP contribution in [0.4, 0.5) is 13.2 Å². The van der Waals surface area contributed by atoms with Gasteiger partial charge >= 0.3 is 35.7 Å². The molecule has 0 spiro atoms. The van der Waals surface area contributed by atoms with Gasteiger partial charge in [0.1, 0.15) is 14.9 Å². The molecule has 1 N–H and O–H groups in total. The predicted octanol–water partition coefficient (Wildman–Crippen LogP) is 1.32. The zero-order valence-electron chi connectivity index (χ0n) is 18.6. The van der Waals surface area contributed by atoms with E-state index in [-0.39, 0.29) is 87.9 Å². The molecule has 4 aliphatic rings. The van der Waals surface area contributed by atoms with Crippen LogP contribution >= 0.6 is 10.8 Å². The van der Waals surface area contributed by atoms with Gasteiger partial charge in [-0.25, -0.2) is 8.42 Å². The molecular formula is C21H30F3NaO5S2. The molecule has 0 radical (unpaired) electrons. The molecule has 4 rings (SSSR count). The van der Waals surface area contributed by atoms with Crippen LogP contribution < -0.4 is 29.6 Å². The fourth-order valence-electron chi connectivity index (χ4n) is 7.90. The first kappa shape index (κ1) is 27.3. The third-order valence-electron chi connectivity index (χ3n) is 9.27. The molecule has 0 saturated heterocycles. The van der Waals surface area contributed by atoms with Crippen LogP contribution in [-0.2, 0) is 13.9 Å². The Hall–Kier alpha value is 0.680. The molecule has 11 heteroatoms. The fourth-order valence-corrected chi connectivity index (χ4v) is 9.14. The van der Waals surface area contributed by atoms with E-state index in [9.17, 15) is 36.0 Å². The van der Waals surface area contributed by atoms with Crippen molar-refractivity contribution in [2.75, 3.05) is 5.75 Å². The summed E-state index contributed by atoms with van der Waals surface area (Å²) >= 11 is 0. The Bertz CT molecular complexity index is 838. The normalized spacial score (nSPS) is 44.1. The van der Waals surface area contributed by atoms with Crippen LogP contribution in [-0.4, -0.2) is 41.4 Å². The fraction of sp³-hybridized carbons (Fsp3) is 0.952. The van der Waals surface area contributed by atoms with E-state index in [1.54, 1.807) is 0 Å². The standard InChI is InChI=1S/C21H31F3O5S2.Na/c1-19-8-6-14-13-7-9-20(26,21(22,23)24)10-12(13)2-3-15(14)16(19)4-5-17(19)18(25)11-30-31(27,28)29;/h12-17,26H,2-11H2,1H3,(H,27,28,29);/q;+1/p-1/t12-,13+,14?,15?,16?,17-,19+,20-;/m1./s1. The SMILES string of the molecule is C[C@]12CCC3C(CC[C@@H]4C[C@@](O)(C(F)(F)F)CC[C@H]34)C1CC[C@@H]2C(=O)CSS(=O)(=O)[O-].[Na+]. The van der Waals surface area contributed by atoms with Gasteiger partial charge in [-0.15, -0.1) is 0 Å². The molecule has 32 heavy (non-hydrogen) atoms. The van der Waals surface area contributed by atoms with Gasteiger partial charge < -0.3 is 9.66 Å². The summed E-state index contributed by atoms with van der Waals surface area (Å²) in [5, 5.41) is 10.2. The van der Waals surface area contributed by atoms with E-state index in [1.165, 1.54) is 0 Å². The van der Waals surface area contributed by atoms with Crippen LogP contribution in [0.25, 0.3) is 0 Å². The molecule has 4 fully saturated rings. The number of halogens is 3. The Morgan fingerprint density at radius 2 is 1.72 bits per heavy atom. The molecule has 4 aliphatic carbocycles. The third kappa shape index (κ3) is 4.85. The number of hydrogen-bond donors (Lipinski definition) is 1. The number of alkyl halides is 3. The smallest absolute Gasteiger partial charge is 0.739 e. The van der Waals surface area contributed by atoms with Gasteiger partial charge in [0.2, 0.25) is 0 Å². The van der Waals surface area contributed by atoms with E-state index in [0.29, 0.717) is 37.0 Å². The zero-order chi connectivity index (χ0) is 22.8. The molecule has 0 bridgehead atoms. The molecule has 4 saturated carbocycles. The zero-order valence-corrected chi connectivity index (χ0v) is 22.2. The van der Waals surface area contributed by atoms with Crippen molar-refractivity contribution in [3.05, 3.63) is 0 Å². The molecule has 0 aliphatic heterocycles. The Morgan fingerprint density at radius 1 is 1.06 bits per heavy atom. The number of fused-ring (bicyclic) bond motifs is 5. The second-order valence-electron chi connectivity index (χ2n) is 10.5. The number of carbonyl (C=O) groups is 1. The summed E-state index contributed by atoms with van der Waals surface area (Å²) in [4.78, 5) is 12.7. The molecule has 0 heterocycles. The quantitative estimate of drug-likeness (QED) is 0.351. The largest absolute Gasteiger partial charge is 1.00 e. The van der Waals surface area contributed by atoms with Crippen molar-refractivity contribution >= 4 is 25.7 Å². The van der Waals surface area contributed by atoms with Gasteiger partial charge in [0, 0.05) is 5.92 Å². The summed E-state index contributed by atoms with van der Waals surface area (Å²) in [6, 6.07) is 0. The van der Waals surface area contributed by atoms with Gasteiger partial charge in [-0.05, 0) is 104 Å². The minimum absolute atomic E-state index is 0. The van der Waals surface area contributed by atoms with Crippen LogP contribution in [0.3, 0.4) is 0 Å². The van der Waals surface area contributed by atoms with Gasteiger partial charge in [0.05, 0.1) is 5.75 Å². The summed E-state index contributed by atoms with van der Waals surface area (Å²) in [6.07, 6.45) is 0.0951. The summed E-state index contributed by atoms with van der Waals surface area (Å²) in [5.41, 5.74) is -2.80. The van der Waals surface area contributed by atoms with Crippen LogP contribution in [0.15, 0.2) is 0 Å². The third-order valence-corrected chi connectivity index (χ3v) is 11.2. The van der Waals surface area contributed by atoms with Crippen molar-refractivity contribution < 1.29 is 65.6 Å². The second kappa shape index (κ2) is 9.28. The number of rotatable bonds is 4. The molecule has 0 amide bonds. The maximum atomic E-state index is 13.4. The van der Waals surface area contributed by atoms with E-state index in [4.69, 9.17) is 0 Å². The second-order valence-corrected chi connectivity index (χ2v) is 13.8. The average molecular weight is 507 g/mol. The summed E-state index contributed by atoms with van der Waals surface area (Å²) in [5.74, 6) is 0.351. The topological polar surface area (TPSA) is 94.5 Å². The maximum absolute atomic E-state index is 13.4. The number of carbonyl (C=O) groups excluding carboxylic acids is 1. The van der Waals surface area contributed by atoms with Crippen molar-refractivity contribution in [1.29, 1.82) is 0 Å². The van der Waals surface area contributed by atoms with Crippen LogP contribution in [0.1, 0.15) is 64.7 Å². The van der Waals surface area contributed by atoms with Crippen molar-refractivity contribution in [1.82, 2.24) is 0 Å². The molecule has 0 aromatic rings. The molecule has 178 valence electrons. The summed E-state index contributed by atoms with van der Waals surface area (Å²) < 4.78 is 72.8. The van der Waals surface area contributed by atoms with Crippen molar-refractivity contribution in [3.8, 4) is 0 Å². The molecule has 0 aromatic carbocycles. The van der Waals surface area contributed by atoms with E-state index in [2.05, 4.69) is 6.92 Å². The molecule has 3 unspecified atom stereocenters. The Kier molecular flexibility index (Phi) is 7.91. The van der Waals surface area contributed by atoms with E-state index < -0.39 is 20.9 Å². The van der Waals surface area contributed by atoms with Gasteiger partial charge in [0.15, 0.2) is 5.60 Å².